The Morgan fingerprint density at radius 1 is 0.973 bits per heavy atom. The van der Waals surface area contributed by atoms with Crippen molar-refractivity contribution in [2.24, 2.45) is 0 Å². The Hall–Kier alpha value is -3.88. The number of amides is 1. The normalized spacial score (nSPS) is 13.7. The number of aliphatic hydroxyl groups excluding tert-OH is 1. The van der Waals surface area contributed by atoms with Crippen LogP contribution in [0.4, 0.5) is 0 Å². The first-order valence-electron chi connectivity index (χ1n) is 12.2. The Balaban J connectivity index is 1.45. The largest absolute Gasteiger partial charge is 0.497 e. The lowest BCUT2D eigenvalue weighted by Gasteiger charge is -2.31. The Kier molecular flexibility index (Phi) is 8.43. The number of fused-ring (bicyclic) bond motifs is 1. The van der Waals surface area contributed by atoms with Crippen LogP contribution in [0.25, 0.3) is 0 Å². The quantitative estimate of drug-likeness (QED) is 0.368. The minimum atomic E-state index is -1.05. The first-order valence-corrected chi connectivity index (χ1v) is 12.2. The number of hydrogen-bond acceptors (Lipinski definition) is 6. The van der Waals surface area contributed by atoms with E-state index in [1.54, 1.807) is 14.2 Å². The van der Waals surface area contributed by atoms with E-state index < -0.39 is 12.1 Å². The Morgan fingerprint density at radius 2 is 1.62 bits per heavy atom. The molecule has 0 aromatic heterocycles. The number of carboxylic acid groups (broad SMARTS) is 1. The van der Waals surface area contributed by atoms with Gasteiger partial charge in [-0.3, -0.25) is 9.69 Å². The molecule has 0 unspecified atom stereocenters. The van der Waals surface area contributed by atoms with Crippen molar-refractivity contribution in [1.29, 1.82) is 0 Å². The Morgan fingerprint density at radius 3 is 2.22 bits per heavy atom. The summed E-state index contributed by atoms with van der Waals surface area (Å²) in [7, 11) is 3.24. The van der Waals surface area contributed by atoms with Crippen molar-refractivity contribution in [1.82, 2.24) is 10.2 Å². The average molecular weight is 505 g/mol. The standard InChI is InChI=1S/C29H32N2O6/c1-36-26-12-11-23(27(15-26)37-2)17-31(24-13-21-5-3-4-6-22(21)14-24)18-25(32)16-30-28(33)19-7-9-20(10-8-19)29(34)35/h3-12,15,24-25,32H,13-14,16-18H2,1-2H3,(H,30,33)(H,34,35)/t25-/m1/s1. The summed E-state index contributed by atoms with van der Waals surface area (Å²) in [6.45, 7) is 0.981. The first kappa shape index (κ1) is 26.2. The molecule has 194 valence electrons. The molecule has 0 spiro atoms. The maximum Gasteiger partial charge on any atom is 0.335 e. The van der Waals surface area contributed by atoms with E-state index in [0.29, 0.717) is 30.2 Å². The molecule has 0 fully saturated rings. The molecule has 8 nitrogen and oxygen atoms in total. The van der Waals surface area contributed by atoms with E-state index in [9.17, 15) is 14.7 Å². The van der Waals surface area contributed by atoms with Gasteiger partial charge in [-0.25, -0.2) is 4.79 Å². The predicted molar refractivity (Wildman–Crippen MR) is 139 cm³/mol. The van der Waals surface area contributed by atoms with Crippen molar-refractivity contribution >= 4 is 11.9 Å². The fourth-order valence-corrected chi connectivity index (χ4v) is 4.75. The molecule has 3 N–H and O–H groups in total. The van der Waals surface area contributed by atoms with Crippen LogP contribution in [-0.2, 0) is 19.4 Å². The Labute approximate surface area is 216 Å². The van der Waals surface area contributed by atoms with E-state index >= 15 is 0 Å². The second kappa shape index (κ2) is 11.9. The van der Waals surface area contributed by atoms with Gasteiger partial charge < -0.3 is 25.0 Å². The molecule has 0 bridgehead atoms. The van der Waals surface area contributed by atoms with Gasteiger partial charge in [0.2, 0.25) is 0 Å². The summed E-state index contributed by atoms with van der Waals surface area (Å²) in [5.74, 6) is 0.00433. The molecule has 37 heavy (non-hydrogen) atoms. The van der Waals surface area contributed by atoms with Gasteiger partial charge in [-0.2, -0.15) is 0 Å². The van der Waals surface area contributed by atoms with Crippen molar-refractivity contribution in [3.8, 4) is 11.5 Å². The van der Waals surface area contributed by atoms with Crippen LogP contribution in [0, 0.1) is 0 Å². The van der Waals surface area contributed by atoms with E-state index in [2.05, 4.69) is 22.3 Å². The van der Waals surface area contributed by atoms with Crippen molar-refractivity contribution in [2.45, 2.75) is 31.5 Å². The SMILES string of the molecule is COc1ccc(CN(C[C@H](O)CNC(=O)c2ccc(C(=O)O)cc2)C2Cc3ccccc3C2)c(OC)c1. The molecule has 1 atom stereocenters. The number of aromatic carboxylic acids is 1. The van der Waals surface area contributed by atoms with Crippen molar-refractivity contribution < 1.29 is 29.3 Å². The summed E-state index contributed by atoms with van der Waals surface area (Å²) in [6.07, 6.45) is 0.947. The van der Waals surface area contributed by atoms with Gasteiger partial charge in [-0.1, -0.05) is 30.3 Å². The summed E-state index contributed by atoms with van der Waals surface area (Å²) in [4.78, 5) is 25.8. The second-order valence-corrected chi connectivity index (χ2v) is 9.18. The van der Waals surface area contributed by atoms with Crippen LogP contribution in [-0.4, -0.2) is 66.4 Å². The number of methoxy groups -OCH3 is 2. The second-order valence-electron chi connectivity index (χ2n) is 9.18. The van der Waals surface area contributed by atoms with Crippen LogP contribution >= 0.6 is 0 Å². The molecule has 3 aromatic carbocycles. The zero-order valence-electron chi connectivity index (χ0n) is 21.0. The van der Waals surface area contributed by atoms with E-state index in [-0.39, 0.29) is 24.1 Å². The van der Waals surface area contributed by atoms with Crippen LogP contribution in [0.15, 0.2) is 66.7 Å². The summed E-state index contributed by atoms with van der Waals surface area (Å²) in [5.41, 5.74) is 4.05. The molecule has 3 aromatic rings. The van der Waals surface area contributed by atoms with E-state index in [1.165, 1.54) is 35.4 Å². The predicted octanol–water partition coefficient (Wildman–Crippen LogP) is 3.16. The number of carbonyl (C=O) groups is 2. The highest BCUT2D eigenvalue weighted by Gasteiger charge is 2.29. The third-order valence-corrected chi connectivity index (χ3v) is 6.75. The number of rotatable bonds is 11. The third kappa shape index (κ3) is 6.47. The molecule has 8 heteroatoms. The van der Waals surface area contributed by atoms with Gasteiger partial charge in [0.25, 0.3) is 5.91 Å². The number of nitrogens with zero attached hydrogens (tertiary/aromatic N) is 1. The maximum absolute atomic E-state index is 12.5. The molecular formula is C29H32N2O6. The van der Waals surface area contributed by atoms with E-state index in [4.69, 9.17) is 14.6 Å². The van der Waals surface area contributed by atoms with Crippen molar-refractivity contribution in [3.63, 3.8) is 0 Å². The summed E-state index contributed by atoms with van der Waals surface area (Å²) in [6, 6.07) is 20.0. The Bertz CT molecular complexity index is 1220. The number of benzene rings is 3. The molecule has 0 heterocycles. The molecular weight excluding hydrogens is 472 g/mol. The highest BCUT2D eigenvalue weighted by Crippen LogP contribution is 2.30. The third-order valence-electron chi connectivity index (χ3n) is 6.75. The summed E-state index contributed by atoms with van der Waals surface area (Å²) >= 11 is 0. The molecule has 0 aliphatic heterocycles. The molecule has 1 aliphatic rings. The number of aliphatic hydroxyl groups is 1. The zero-order valence-corrected chi connectivity index (χ0v) is 21.0. The number of carboxylic acids is 1. The number of nitrogens with one attached hydrogen (secondary N) is 1. The van der Waals surface area contributed by atoms with Crippen LogP contribution < -0.4 is 14.8 Å². The summed E-state index contributed by atoms with van der Waals surface area (Å²) < 4.78 is 10.9. The van der Waals surface area contributed by atoms with Crippen molar-refractivity contribution in [3.05, 3.63) is 94.5 Å². The van der Waals surface area contributed by atoms with Gasteiger partial charge in [0.1, 0.15) is 11.5 Å². The lowest BCUT2D eigenvalue weighted by atomic mass is 10.1. The lowest BCUT2D eigenvalue weighted by molar-refractivity contribution is 0.0696. The smallest absolute Gasteiger partial charge is 0.335 e. The van der Waals surface area contributed by atoms with Gasteiger partial charge >= 0.3 is 5.97 Å². The van der Waals surface area contributed by atoms with Gasteiger partial charge in [-0.15, -0.1) is 0 Å². The molecule has 4 rings (SSSR count). The van der Waals surface area contributed by atoms with Crippen LogP contribution in [0.1, 0.15) is 37.4 Å². The van der Waals surface area contributed by atoms with Gasteiger partial charge in [-0.05, 0) is 54.3 Å². The molecule has 0 radical (unpaired) electrons. The summed E-state index contributed by atoms with van der Waals surface area (Å²) in [5, 5.41) is 22.7. The number of carbonyl (C=O) groups excluding carboxylic acids is 1. The minimum absolute atomic E-state index is 0.0649. The fourth-order valence-electron chi connectivity index (χ4n) is 4.75. The van der Waals surface area contributed by atoms with Gasteiger partial charge in [0.15, 0.2) is 0 Å². The van der Waals surface area contributed by atoms with Crippen LogP contribution in [0.2, 0.25) is 0 Å². The molecule has 0 saturated heterocycles. The zero-order chi connectivity index (χ0) is 26.4. The van der Waals surface area contributed by atoms with E-state index in [1.807, 2.05) is 30.3 Å². The number of hydrogen-bond donors (Lipinski definition) is 3. The van der Waals surface area contributed by atoms with Gasteiger partial charge in [0.05, 0.1) is 25.9 Å². The number of ether oxygens (including phenoxy) is 2. The molecule has 0 saturated carbocycles. The van der Waals surface area contributed by atoms with E-state index in [0.717, 1.165) is 18.4 Å². The van der Waals surface area contributed by atoms with Crippen LogP contribution in [0.5, 0.6) is 11.5 Å². The monoisotopic (exact) mass is 504 g/mol. The van der Waals surface area contributed by atoms with Gasteiger partial charge in [0, 0.05) is 42.9 Å². The highest BCUT2D eigenvalue weighted by atomic mass is 16.5. The topological polar surface area (TPSA) is 108 Å². The first-order chi connectivity index (χ1) is 17.9. The van der Waals surface area contributed by atoms with Crippen molar-refractivity contribution in [2.75, 3.05) is 27.3 Å². The fraction of sp³-hybridized carbons (Fsp3) is 0.310. The van der Waals surface area contributed by atoms with Crippen LogP contribution in [0.3, 0.4) is 0 Å². The molecule has 1 aliphatic carbocycles. The minimum Gasteiger partial charge on any atom is -0.497 e. The lowest BCUT2D eigenvalue weighted by Crippen LogP contribution is -2.44. The average Bonchev–Trinajstić information content (AvgIpc) is 3.36. The maximum atomic E-state index is 12.5. The molecule has 1 amide bonds. The highest BCUT2D eigenvalue weighted by molar-refractivity contribution is 5.95.